The van der Waals surface area contributed by atoms with E-state index in [1.54, 1.807) is 0 Å². The fourth-order valence-corrected chi connectivity index (χ4v) is 5.56. The van der Waals surface area contributed by atoms with E-state index in [2.05, 4.69) is 6.58 Å². The van der Waals surface area contributed by atoms with Crippen LogP contribution in [0.1, 0.15) is 58.8 Å². The molecule has 4 rings (SSSR count). The molecule has 2 saturated heterocycles. The van der Waals surface area contributed by atoms with Crippen molar-refractivity contribution in [1.82, 2.24) is 0 Å². The molecule has 0 bridgehead atoms. The van der Waals surface area contributed by atoms with Gasteiger partial charge in [0.25, 0.3) is 0 Å². The van der Waals surface area contributed by atoms with E-state index in [4.69, 9.17) is 9.47 Å². The summed E-state index contributed by atoms with van der Waals surface area (Å²) in [5.41, 5.74) is -0.0533. The third kappa shape index (κ3) is 2.41. The summed E-state index contributed by atoms with van der Waals surface area (Å²) in [5, 5.41) is 20.5. The van der Waals surface area contributed by atoms with Crippen molar-refractivity contribution >= 4 is 0 Å². The SMILES string of the molecule is C=C1CCC2OC2(CO)CC2OC23C(CC1)CCC3C(C)(C)O. The lowest BCUT2D eigenvalue weighted by Gasteiger charge is -2.32. The number of rotatable bonds is 2. The molecule has 4 heteroatoms. The standard InChI is InChI=1S/C19H30O4/c1-12-4-6-13-7-8-14(17(2,3)21)19(13)16(23-19)10-18(11-20)15(22-18)9-5-12/h13-16,20-21H,1,4-11H2,2-3H3. The van der Waals surface area contributed by atoms with Crippen molar-refractivity contribution in [2.24, 2.45) is 11.8 Å². The molecule has 2 N–H and O–H groups in total. The third-order valence-corrected chi connectivity index (χ3v) is 6.94. The summed E-state index contributed by atoms with van der Waals surface area (Å²) >= 11 is 0. The van der Waals surface area contributed by atoms with Crippen LogP contribution in [0.25, 0.3) is 0 Å². The van der Waals surface area contributed by atoms with Gasteiger partial charge in [0.05, 0.1) is 24.4 Å². The predicted octanol–water partition coefficient (Wildman–Crippen LogP) is 2.57. The number of hydrogen-bond acceptors (Lipinski definition) is 4. The van der Waals surface area contributed by atoms with E-state index in [1.807, 2.05) is 13.8 Å². The van der Waals surface area contributed by atoms with Crippen LogP contribution < -0.4 is 0 Å². The number of ether oxygens (including phenoxy) is 2. The van der Waals surface area contributed by atoms with Crippen LogP contribution in [0.4, 0.5) is 0 Å². The van der Waals surface area contributed by atoms with Crippen molar-refractivity contribution in [3.8, 4) is 0 Å². The summed E-state index contributed by atoms with van der Waals surface area (Å²) in [6.07, 6.45) is 7.27. The molecule has 0 aromatic carbocycles. The molecular weight excluding hydrogens is 292 g/mol. The zero-order valence-corrected chi connectivity index (χ0v) is 14.4. The van der Waals surface area contributed by atoms with E-state index in [0.717, 1.165) is 44.9 Å². The Kier molecular flexibility index (Phi) is 3.52. The Balaban J connectivity index is 1.62. The van der Waals surface area contributed by atoms with Crippen LogP contribution in [0.5, 0.6) is 0 Å². The Morgan fingerprint density at radius 3 is 2.57 bits per heavy atom. The first kappa shape index (κ1) is 16.1. The highest BCUT2D eigenvalue weighted by atomic mass is 16.6. The third-order valence-electron chi connectivity index (χ3n) is 6.94. The van der Waals surface area contributed by atoms with Crippen molar-refractivity contribution in [3.05, 3.63) is 12.2 Å². The number of aliphatic hydroxyl groups is 2. The van der Waals surface area contributed by atoms with E-state index in [1.165, 1.54) is 5.57 Å². The molecule has 130 valence electrons. The van der Waals surface area contributed by atoms with Gasteiger partial charge in [0.1, 0.15) is 11.2 Å². The number of epoxide rings is 2. The molecule has 4 nitrogen and oxygen atoms in total. The summed E-state index contributed by atoms with van der Waals surface area (Å²) in [7, 11) is 0. The van der Waals surface area contributed by atoms with Gasteiger partial charge in [-0.15, -0.1) is 0 Å². The monoisotopic (exact) mass is 322 g/mol. The molecule has 0 radical (unpaired) electrons. The molecule has 0 aromatic heterocycles. The van der Waals surface area contributed by atoms with E-state index in [-0.39, 0.29) is 30.3 Å². The molecule has 4 fully saturated rings. The van der Waals surface area contributed by atoms with Crippen molar-refractivity contribution in [1.29, 1.82) is 0 Å². The highest BCUT2D eigenvalue weighted by molar-refractivity contribution is 5.22. The average molecular weight is 322 g/mol. The summed E-state index contributed by atoms with van der Waals surface area (Å²) in [4.78, 5) is 0. The number of hydrogen-bond donors (Lipinski definition) is 2. The van der Waals surface area contributed by atoms with Gasteiger partial charge in [-0.3, -0.25) is 0 Å². The first-order valence-electron chi connectivity index (χ1n) is 9.17. The Bertz CT molecular complexity index is 510. The second-order valence-corrected chi connectivity index (χ2v) is 8.80. The number of allylic oxidation sites excluding steroid dienone is 1. The lowest BCUT2D eigenvalue weighted by molar-refractivity contribution is -0.0168. The molecule has 0 aromatic rings. The second kappa shape index (κ2) is 5.04. The van der Waals surface area contributed by atoms with Crippen LogP contribution in [0.15, 0.2) is 12.2 Å². The summed E-state index contributed by atoms with van der Waals surface area (Å²) in [5.74, 6) is 0.665. The predicted molar refractivity (Wildman–Crippen MR) is 87.0 cm³/mol. The van der Waals surface area contributed by atoms with Gasteiger partial charge in [-0.2, -0.15) is 0 Å². The van der Waals surface area contributed by atoms with Crippen molar-refractivity contribution in [2.75, 3.05) is 6.61 Å². The summed E-state index contributed by atoms with van der Waals surface area (Å²) in [6, 6.07) is 0. The van der Waals surface area contributed by atoms with Gasteiger partial charge >= 0.3 is 0 Å². The minimum Gasteiger partial charge on any atom is -0.393 e. The van der Waals surface area contributed by atoms with Crippen molar-refractivity contribution in [3.63, 3.8) is 0 Å². The first-order valence-corrected chi connectivity index (χ1v) is 9.17. The maximum absolute atomic E-state index is 10.7. The first-order chi connectivity index (χ1) is 10.8. The van der Waals surface area contributed by atoms with Crippen LogP contribution in [0.2, 0.25) is 0 Å². The fraction of sp³-hybridized carbons (Fsp3) is 0.895. The maximum Gasteiger partial charge on any atom is 0.120 e. The number of aliphatic hydroxyl groups excluding tert-OH is 1. The molecular formula is C19H30O4. The van der Waals surface area contributed by atoms with Crippen LogP contribution in [-0.2, 0) is 9.47 Å². The lowest BCUT2D eigenvalue weighted by Crippen LogP contribution is -2.43. The molecule has 0 amide bonds. The normalized spacial score (nSPS) is 49.7. The molecule has 6 unspecified atom stereocenters. The highest BCUT2D eigenvalue weighted by Crippen LogP contribution is 2.64. The minimum absolute atomic E-state index is 0.0674. The molecule has 1 spiro atoms. The van der Waals surface area contributed by atoms with Crippen molar-refractivity contribution < 1.29 is 19.7 Å². The Morgan fingerprint density at radius 2 is 1.87 bits per heavy atom. The van der Waals surface area contributed by atoms with Gasteiger partial charge in [-0.1, -0.05) is 12.2 Å². The Hall–Kier alpha value is -0.420. The van der Waals surface area contributed by atoms with E-state index < -0.39 is 11.2 Å². The Morgan fingerprint density at radius 1 is 1.13 bits per heavy atom. The molecule has 2 saturated carbocycles. The average Bonchev–Trinajstić information content (AvgIpc) is 3.30. The number of fused-ring (bicyclic) bond motifs is 1. The molecule has 2 aliphatic carbocycles. The quantitative estimate of drug-likeness (QED) is 0.606. The highest BCUT2D eigenvalue weighted by Gasteiger charge is 2.73. The van der Waals surface area contributed by atoms with Crippen molar-refractivity contribution in [2.45, 2.75) is 87.8 Å². The van der Waals surface area contributed by atoms with Gasteiger partial charge in [0, 0.05) is 12.3 Å². The zero-order chi connectivity index (χ0) is 16.5. The molecule has 4 aliphatic rings. The summed E-state index contributed by atoms with van der Waals surface area (Å²) < 4.78 is 12.2. The molecule has 6 atom stereocenters. The van der Waals surface area contributed by atoms with E-state index in [9.17, 15) is 10.2 Å². The smallest absolute Gasteiger partial charge is 0.120 e. The summed E-state index contributed by atoms with van der Waals surface area (Å²) in [6.45, 7) is 8.12. The second-order valence-electron chi connectivity index (χ2n) is 8.80. The van der Waals surface area contributed by atoms with Crippen LogP contribution in [0.3, 0.4) is 0 Å². The topological polar surface area (TPSA) is 65.5 Å². The molecule has 2 heterocycles. The van der Waals surface area contributed by atoms with Gasteiger partial charge in [0.2, 0.25) is 0 Å². The zero-order valence-electron chi connectivity index (χ0n) is 14.4. The van der Waals surface area contributed by atoms with Crippen LogP contribution in [-0.4, -0.2) is 45.8 Å². The Labute approximate surface area is 138 Å². The minimum atomic E-state index is -0.725. The van der Waals surface area contributed by atoms with E-state index >= 15 is 0 Å². The lowest BCUT2D eigenvalue weighted by atomic mass is 9.74. The maximum atomic E-state index is 10.7. The van der Waals surface area contributed by atoms with Gasteiger partial charge in [-0.05, 0) is 58.3 Å². The fourth-order valence-electron chi connectivity index (χ4n) is 5.56. The molecule has 23 heavy (non-hydrogen) atoms. The van der Waals surface area contributed by atoms with E-state index in [0.29, 0.717) is 5.92 Å². The van der Waals surface area contributed by atoms with Gasteiger partial charge in [-0.25, -0.2) is 0 Å². The van der Waals surface area contributed by atoms with Crippen LogP contribution in [0, 0.1) is 11.8 Å². The molecule has 2 aliphatic heterocycles. The van der Waals surface area contributed by atoms with Gasteiger partial charge < -0.3 is 19.7 Å². The van der Waals surface area contributed by atoms with Crippen LogP contribution >= 0.6 is 0 Å². The van der Waals surface area contributed by atoms with Gasteiger partial charge in [0.15, 0.2) is 0 Å². The largest absolute Gasteiger partial charge is 0.393 e.